The number of aromatic nitrogens is 1. The molecular formula is C15H11BrN2S. The average molecular weight is 331 g/mol. The number of anilines is 1. The minimum Gasteiger partial charge on any atom is -0.399 e. The first-order valence-electron chi connectivity index (χ1n) is 5.80. The predicted octanol–water partition coefficient (Wildman–Crippen LogP) is 4.73. The minimum absolute atomic E-state index is 0.741. The van der Waals surface area contributed by atoms with Crippen LogP contribution < -0.4 is 5.73 Å². The predicted molar refractivity (Wildman–Crippen MR) is 84.4 cm³/mol. The summed E-state index contributed by atoms with van der Waals surface area (Å²) in [4.78, 5) is 6.75. The van der Waals surface area contributed by atoms with Crippen LogP contribution in [0.5, 0.6) is 0 Å². The van der Waals surface area contributed by atoms with Crippen LogP contribution in [-0.4, -0.2) is 4.98 Å². The van der Waals surface area contributed by atoms with Crippen molar-refractivity contribution in [2.75, 3.05) is 5.73 Å². The number of benzene rings is 2. The quantitative estimate of drug-likeness (QED) is 0.690. The highest BCUT2D eigenvalue weighted by Gasteiger charge is 2.04. The Morgan fingerprint density at radius 2 is 1.79 bits per heavy atom. The van der Waals surface area contributed by atoms with Gasteiger partial charge in [0.15, 0.2) is 0 Å². The van der Waals surface area contributed by atoms with Crippen LogP contribution in [0.2, 0.25) is 0 Å². The molecule has 0 atom stereocenters. The SMILES string of the molecule is Nc1ccc2c(Sc3ccc(Br)cc3)ccnc2c1. The third-order valence-corrected chi connectivity index (χ3v) is 4.38. The zero-order chi connectivity index (χ0) is 13.2. The van der Waals surface area contributed by atoms with Crippen molar-refractivity contribution in [3.8, 4) is 0 Å². The molecule has 2 nitrogen and oxygen atoms in total. The monoisotopic (exact) mass is 330 g/mol. The molecule has 0 saturated heterocycles. The van der Waals surface area contributed by atoms with E-state index in [0.29, 0.717) is 0 Å². The Kier molecular flexibility index (Phi) is 3.44. The van der Waals surface area contributed by atoms with E-state index in [1.54, 1.807) is 11.8 Å². The summed E-state index contributed by atoms with van der Waals surface area (Å²) in [5, 5.41) is 1.13. The van der Waals surface area contributed by atoms with E-state index < -0.39 is 0 Å². The van der Waals surface area contributed by atoms with Crippen molar-refractivity contribution in [3.63, 3.8) is 0 Å². The summed E-state index contributed by atoms with van der Waals surface area (Å²) in [6.07, 6.45) is 1.82. The first kappa shape index (κ1) is 12.5. The van der Waals surface area contributed by atoms with Gasteiger partial charge in [-0.2, -0.15) is 0 Å². The van der Waals surface area contributed by atoms with Gasteiger partial charge in [0.05, 0.1) is 5.52 Å². The second kappa shape index (κ2) is 5.23. The van der Waals surface area contributed by atoms with Gasteiger partial charge >= 0.3 is 0 Å². The summed E-state index contributed by atoms with van der Waals surface area (Å²) in [5.41, 5.74) is 7.47. The fourth-order valence-corrected chi connectivity index (χ4v) is 3.06. The highest BCUT2D eigenvalue weighted by atomic mass is 79.9. The first-order chi connectivity index (χ1) is 9.22. The van der Waals surface area contributed by atoms with Crippen LogP contribution in [0.15, 0.2) is 69.0 Å². The van der Waals surface area contributed by atoms with Gasteiger partial charge in [-0.05, 0) is 48.5 Å². The van der Waals surface area contributed by atoms with E-state index in [9.17, 15) is 0 Å². The second-order valence-electron chi connectivity index (χ2n) is 4.14. The summed E-state index contributed by atoms with van der Waals surface area (Å²) in [6, 6.07) is 16.2. The number of halogens is 1. The fraction of sp³-hybridized carbons (Fsp3) is 0. The van der Waals surface area contributed by atoms with E-state index >= 15 is 0 Å². The molecule has 3 rings (SSSR count). The van der Waals surface area contributed by atoms with Gasteiger partial charge in [-0.25, -0.2) is 0 Å². The lowest BCUT2D eigenvalue weighted by Crippen LogP contribution is -1.87. The van der Waals surface area contributed by atoms with Gasteiger partial charge in [0.2, 0.25) is 0 Å². The van der Waals surface area contributed by atoms with Gasteiger partial charge in [0.25, 0.3) is 0 Å². The zero-order valence-electron chi connectivity index (χ0n) is 10.0. The minimum atomic E-state index is 0.741. The van der Waals surface area contributed by atoms with Crippen molar-refractivity contribution in [2.45, 2.75) is 9.79 Å². The van der Waals surface area contributed by atoms with E-state index in [-0.39, 0.29) is 0 Å². The maximum atomic E-state index is 5.79. The Hall–Kier alpha value is -1.52. The fourth-order valence-electron chi connectivity index (χ4n) is 1.86. The molecule has 0 bridgehead atoms. The van der Waals surface area contributed by atoms with E-state index in [4.69, 9.17) is 5.73 Å². The maximum Gasteiger partial charge on any atom is 0.0733 e. The van der Waals surface area contributed by atoms with Crippen LogP contribution in [0, 0.1) is 0 Å². The molecule has 0 saturated carbocycles. The Morgan fingerprint density at radius 1 is 1.00 bits per heavy atom. The van der Waals surface area contributed by atoms with E-state index in [1.807, 2.05) is 42.6 Å². The van der Waals surface area contributed by atoms with Crippen molar-refractivity contribution in [1.82, 2.24) is 4.98 Å². The van der Waals surface area contributed by atoms with Crippen LogP contribution in [0.3, 0.4) is 0 Å². The molecule has 19 heavy (non-hydrogen) atoms. The Bertz CT molecular complexity index is 726. The largest absolute Gasteiger partial charge is 0.399 e. The molecule has 2 aromatic carbocycles. The average Bonchev–Trinajstić information content (AvgIpc) is 2.41. The molecule has 3 aromatic rings. The van der Waals surface area contributed by atoms with Crippen LogP contribution in [-0.2, 0) is 0 Å². The Morgan fingerprint density at radius 3 is 2.58 bits per heavy atom. The van der Waals surface area contributed by atoms with Gasteiger partial charge in [-0.1, -0.05) is 27.7 Å². The molecule has 2 N–H and O–H groups in total. The second-order valence-corrected chi connectivity index (χ2v) is 6.17. The highest BCUT2D eigenvalue weighted by molar-refractivity contribution is 9.10. The van der Waals surface area contributed by atoms with Crippen LogP contribution >= 0.6 is 27.7 Å². The van der Waals surface area contributed by atoms with Crippen molar-refractivity contribution in [2.24, 2.45) is 0 Å². The van der Waals surface area contributed by atoms with Gasteiger partial charge in [0.1, 0.15) is 0 Å². The van der Waals surface area contributed by atoms with Gasteiger partial charge in [-0.15, -0.1) is 0 Å². The van der Waals surface area contributed by atoms with Gasteiger partial charge in [0, 0.05) is 31.5 Å². The van der Waals surface area contributed by atoms with E-state index in [2.05, 4.69) is 33.0 Å². The molecule has 0 aliphatic rings. The zero-order valence-corrected chi connectivity index (χ0v) is 12.4. The molecular weight excluding hydrogens is 320 g/mol. The number of nitrogens with two attached hydrogens (primary N) is 1. The van der Waals surface area contributed by atoms with Crippen molar-refractivity contribution in [1.29, 1.82) is 0 Å². The van der Waals surface area contributed by atoms with E-state index in [1.165, 1.54) is 9.79 Å². The number of pyridine rings is 1. The number of nitrogens with zero attached hydrogens (tertiary/aromatic N) is 1. The van der Waals surface area contributed by atoms with Gasteiger partial charge in [-0.3, -0.25) is 4.98 Å². The van der Waals surface area contributed by atoms with Crippen molar-refractivity contribution >= 4 is 44.3 Å². The summed E-state index contributed by atoms with van der Waals surface area (Å²) in [6.45, 7) is 0. The van der Waals surface area contributed by atoms with Crippen LogP contribution in [0.4, 0.5) is 5.69 Å². The van der Waals surface area contributed by atoms with Gasteiger partial charge < -0.3 is 5.73 Å². The Balaban J connectivity index is 2.03. The maximum absolute atomic E-state index is 5.79. The number of rotatable bonds is 2. The summed E-state index contributed by atoms with van der Waals surface area (Å²) in [5.74, 6) is 0. The van der Waals surface area contributed by atoms with Crippen LogP contribution in [0.1, 0.15) is 0 Å². The lowest BCUT2D eigenvalue weighted by atomic mass is 10.2. The molecule has 4 heteroatoms. The molecule has 0 unspecified atom stereocenters. The van der Waals surface area contributed by atoms with Crippen molar-refractivity contribution < 1.29 is 0 Å². The summed E-state index contributed by atoms with van der Waals surface area (Å²) >= 11 is 5.18. The lowest BCUT2D eigenvalue weighted by molar-refractivity contribution is 1.34. The third-order valence-electron chi connectivity index (χ3n) is 2.77. The normalized spacial score (nSPS) is 10.8. The van der Waals surface area contributed by atoms with Crippen LogP contribution in [0.25, 0.3) is 10.9 Å². The number of hydrogen-bond donors (Lipinski definition) is 1. The molecule has 0 aliphatic carbocycles. The third kappa shape index (κ3) is 2.74. The Labute approximate surface area is 124 Å². The molecule has 94 valence electrons. The standard InChI is InChI=1S/C15H11BrN2S/c16-10-1-4-12(5-2-10)19-15-7-8-18-14-9-11(17)3-6-13(14)15/h1-9H,17H2. The molecule has 1 aromatic heterocycles. The molecule has 0 spiro atoms. The number of fused-ring (bicyclic) bond motifs is 1. The van der Waals surface area contributed by atoms with E-state index in [0.717, 1.165) is 21.1 Å². The molecule has 0 radical (unpaired) electrons. The topological polar surface area (TPSA) is 38.9 Å². The summed E-state index contributed by atoms with van der Waals surface area (Å²) < 4.78 is 1.09. The smallest absolute Gasteiger partial charge is 0.0733 e. The number of hydrogen-bond acceptors (Lipinski definition) is 3. The summed E-state index contributed by atoms with van der Waals surface area (Å²) in [7, 11) is 0. The lowest BCUT2D eigenvalue weighted by Gasteiger charge is -2.06. The molecule has 0 aliphatic heterocycles. The first-order valence-corrected chi connectivity index (χ1v) is 7.41. The highest BCUT2D eigenvalue weighted by Crippen LogP contribution is 2.33. The molecule has 1 heterocycles. The molecule has 0 amide bonds. The van der Waals surface area contributed by atoms with Crippen molar-refractivity contribution in [3.05, 3.63) is 59.2 Å². The number of nitrogen functional groups attached to an aromatic ring is 1. The molecule has 0 fully saturated rings.